The van der Waals surface area contributed by atoms with Gasteiger partial charge in [0.15, 0.2) is 6.17 Å². The van der Waals surface area contributed by atoms with Gasteiger partial charge >= 0.3 is 0 Å². The molecule has 2 aliphatic rings. The number of rotatable bonds is 2. The van der Waals surface area contributed by atoms with E-state index in [1.165, 1.54) is 25.7 Å². The van der Waals surface area contributed by atoms with Gasteiger partial charge in [-0.1, -0.05) is 55.3 Å². The van der Waals surface area contributed by atoms with E-state index in [-0.39, 0.29) is 12.1 Å². The molecule has 4 nitrogen and oxygen atoms in total. The summed E-state index contributed by atoms with van der Waals surface area (Å²) in [4.78, 5) is 13.1. The monoisotopic (exact) mass is 333 g/mol. The normalized spacial score (nSPS) is 20.5. The van der Waals surface area contributed by atoms with Crippen LogP contribution < -0.4 is 5.32 Å². The highest BCUT2D eigenvalue weighted by atomic mass is 16.2. The molecule has 2 aromatic carbocycles. The average molecular weight is 333 g/mol. The molecule has 1 amide bonds. The van der Waals surface area contributed by atoms with Crippen molar-refractivity contribution in [1.82, 2.24) is 5.01 Å². The Balaban J connectivity index is 1.74. The van der Waals surface area contributed by atoms with E-state index in [2.05, 4.69) is 5.32 Å². The highest BCUT2D eigenvalue weighted by molar-refractivity contribution is 6.02. The Morgan fingerprint density at radius 1 is 0.880 bits per heavy atom. The third-order valence-electron chi connectivity index (χ3n) is 4.95. The van der Waals surface area contributed by atoms with Gasteiger partial charge in [0, 0.05) is 11.4 Å². The number of hydrogen-bond acceptors (Lipinski definition) is 3. The number of nitrogens with one attached hydrogen (secondary N) is 1. The molecule has 4 heteroatoms. The number of benzene rings is 2. The first-order valence-electron chi connectivity index (χ1n) is 9.13. The van der Waals surface area contributed by atoms with Crippen molar-refractivity contribution in [3.05, 3.63) is 65.7 Å². The first kappa shape index (κ1) is 15.9. The van der Waals surface area contributed by atoms with Crippen LogP contribution in [0.15, 0.2) is 59.7 Å². The Hall–Kier alpha value is -2.62. The summed E-state index contributed by atoms with van der Waals surface area (Å²) >= 11 is 0. The van der Waals surface area contributed by atoms with E-state index in [0.717, 1.165) is 29.8 Å². The second-order valence-corrected chi connectivity index (χ2v) is 6.73. The molecule has 1 aliphatic carbocycles. The smallest absolute Gasteiger partial charge is 0.278 e. The molecule has 4 rings (SSSR count). The molecule has 1 saturated carbocycles. The minimum absolute atomic E-state index is 0.0278. The van der Waals surface area contributed by atoms with Gasteiger partial charge in [-0.05, 0) is 43.4 Å². The Morgan fingerprint density at radius 3 is 2.32 bits per heavy atom. The van der Waals surface area contributed by atoms with Crippen LogP contribution in [0.2, 0.25) is 0 Å². The van der Waals surface area contributed by atoms with Crippen LogP contribution >= 0.6 is 0 Å². The van der Waals surface area contributed by atoms with Gasteiger partial charge in [-0.15, -0.1) is 0 Å². The highest BCUT2D eigenvalue weighted by Gasteiger charge is 2.33. The summed E-state index contributed by atoms with van der Waals surface area (Å²) in [5.41, 5.74) is 3.75. The molecule has 0 spiro atoms. The van der Waals surface area contributed by atoms with E-state index >= 15 is 0 Å². The number of carbonyl (C=O) groups excluding carboxylic acids is 1. The van der Waals surface area contributed by atoms with E-state index in [9.17, 15) is 4.79 Å². The number of anilines is 1. The number of hydrazone groups is 1. The fourth-order valence-corrected chi connectivity index (χ4v) is 3.60. The Labute approximate surface area is 148 Å². The van der Waals surface area contributed by atoms with Crippen LogP contribution in [-0.4, -0.2) is 16.6 Å². The standard InChI is InChI=1S/C21H23N3O/c25-21-18-14-8-9-15-19(18)22-20(16-10-4-3-5-11-16)24(21)23-17-12-6-1-2-7-13-17/h3-5,8-11,14-15,20,22H,1-2,6-7,12-13H2/t20-/m0/s1. The number of amides is 1. The highest BCUT2D eigenvalue weighted by Crippen LogP contribution is 2.33. The van der Waals surface area contributed by atoms with Crippen molar-refractivity contribution < 1.29 is 4.79 Å². The third kappa shape index (κ3) is 3.29. The lowest BCUT2D eigenvalue weighted by Crippen LogP contribution is -2.40. The van der Waals surface area contributed by atoms with Gasteiger partial charge in [-0.25, -0.2) is 5.01 Å². The Bertz CT molecular complexity index is 775. The van der Waals surface area contributed by atoms with Gasteiger partial charge in [0.05, 0.1) is 5.56 Å². The van der Waals surface area contributed by atoms with Crippen LogP contribution in [0, 0.1) is 0 Å². The molecule has 1 N–H and O–H groups in total. The number of carbonyl (C=O) groups is 1. The van der Waals surface area contributed by atoms with Gasteiger partial charge in [0.2, 0.25) is 0 Å². The molecule has 1 heterocycles. The molecule has 0 radical (unpaired) electrons. The zero-order valence-electron chi connectivity index (χ0n) is 14.3. The summed E-state index contributed by atoms with van der Waals surface area (Å²) in [5, 5.41) is 9.98. The lowest BCUT2D eigenvalue weighted by molar-refractivity contribution is 0.0688. The van der Waals surface area contributed by atoms with Crippen LogP contribution in [0.1, 0.15) is 60.6 Å². The molecular formula is C21H23N3O. The lowest BCUT2D eigenvalue weighted by atomic mass is 10.0. The lowest BCUT2D eigenvalue weighted by Gasteiger charge is -2.35. The van der Waals surface area contributed by atoms with Crippen molar-refractivity contribution in [2.45, 2.75) is 44.7 Å². The molecular weight excluding hydrogens is 310 g/mol. The topological polar surface area (TPSA) is 44.7 Å². The molecule has 128 valence electrons. The molecule has 0 aromatic heterocycles. The predicted octanol–water partition coefficient (Wildman–Crippen LogP) is 4.96. The maximum absolute atomic E-state index is 13.1. The van der Waals surface area contributed by atoms with Gasteiger partial charge in [-0.2, -0.15) is 5.10 Å². The van der Waals surface area contributed by atoms with Gasteiger partial charge in [-0.3, -0.25) is 4.79 Å². The van der Waals surface area contributed by atoms with Crippen molar-refractivity contribution in [3.8, 4) is 0 Å². The van der Waals surface area contributed by atoms with Crippen molar-refractivity contribution in [1.29, 1.82) is 0 Å². The SMILES string of the molecule is O=C1c2ccccc2N[C@H](c2ccccc2)N1N=C1CCCCCC1. The molecule has 25 heavy (non-hydrogen) atoms. The van der Waals surface area contributed by atoms with E-state index in [0.29, 0.717) is 5.56 Å². The molecule has 2 aromatic rings. The summed E-state index contributed by atoms with van der Waals surface area (Å²) in [5.74, 6) is -0.0278. The van der Waals surface area contributed by atoms with Crippen molar-refractivity contribution in [2.24, 2.45) is 5.10 Å². The Morgan fingerprint density at radius 2 is 1.56 bits per heavy atom. The minimum Gasteiger partial charge on any atom is -0.359 e. The zero-order valence-corrected chi connectivity index (χ0v) is 14.3. The van der Waals surface area contributed by atoms with E-state index in [1.807, 2.05) is 54.6 Å². The summed E-state index contributed by atoms with van der Waals surface area (Å²) in [7, 11) is 0. The molecule has 1 aliphatic heterocycles. The zero-order chi connectivity index (χ0) is 17.1. The Kier molecular flexibility index (Phi) is 4.51. The van der Waals surface area contributed by atoms with Crippen molar-refractivity contribution in [3.63, 3.8) is 0 Å². The summed E-state index contributed by atoms with van der Waals surface area (Å²) in [6.07, 6.45) is 6.58. The maximum Gasteiger partial charge on any atom is 0.278 e. The van der Waals surface area contributed by atoms with Crippen LogP contribution in [0.4, 0.5) is 5.69 Å². The number of para-hydroxylation sites is 1. The van der Waals surface area contributed by atoms with Crippen LogP contribution in [0.3, 0.4) is 0 Å². The second kappa shape index (κ2) is 7.09. The number of fused-ring (bicyclic) bond motifs is 1. The van der Waals surface area contributed by atoms with Gasteiger partial charge in [0.25, 0.3) is 5.91 Å². The summed E-state index contributed by atoms with van der Waals surface area (Å²) in [6.45, 7) is 0. The predicted molar refractivity (Wildman–Crippen MR) is 101 cm³/mol. The van der Waals surface area contributed by atoms with Gasteiger partial charge < -0.3 is 5.32 Å². The first-order chi connectivity index (χ1) is 12.3. The number of hydrogen-bond donors (Lipinski definition) is 1. The third-order valence-corrected chi connectivity index (χ3v) is 4.95. The molecule has 0 saturated heterocycles. The fourth-order valence-electron chi connectivity index (χ4n) is 3.60. The summed E-state index contributed by atoms with van der Waals surface area (Å²) < 4.78 is 0. The van der Waals surface area contributed by atoms with Crippen LogP contribution in [-0.2, 0) is 0 Å². The van der Waals surface area contributed by atoms with Crippen molar-refractivity contribution in [2.75, 3.05) is 5.32 Å². The second-order valence-electron chi connectivity index (χ2n) is 6.73. The molecule has 0 bridgehead atoms. The fraction of sp³-hybridized carbons (Fsp3) is 0.333. The molecule has 0 unspecified atom stereocenters. The van der Waals surface area contributed by atoms with E-state index in [1.54, 1.807) is 5.01 Å². The number of nitrogens with zero attached hydrogens (tertiary/aromatic N) is 2. The van der Waals surface area contributed by atoms with E-state index < -0.39 is 0 Å². The quantitative estimate of drug-likeness (QED) is 0.789. The maximum atomic E-state index is 13.1. The van der Waals surface area contributed by atoms with Crippen LogP contribution in [0.25, 0.3) is 0 Å². The summed E-state index contributed by atoms with van der Waals surface area (Å²) in [6, 6.07) is 17.7. The minimum atomic E-state index is -0.264. The average Bonchev–Trinajstić information content (AvgIpc) is 2.93. The first-order valence-corrected chi connectivity index (χ1v) is 9.13. The molecule has 1 atom stereocenters. The van der Waals surface area contributed by atoms with Crippen LogP contribution in [0.5, 0.6) is 0 Å². The van der Waals surface area contributed by atoms with Gasteiger partial charge in [0.1, 0.15) is 0 Å². The largest absolute Gasteiger partial charge is 0.359 e. The van der Waals surface area contributed by atoms with E-state index in [4.69, 9.17) is 5.10 Å². The molecule has 1 fully saturated rings. The van der Waals surface area contributed by atoms with Crippen molar-refractivity contribution >= 4 is 17.3 Å².